The van der Waals surface area contributed by atoms with Gasteiger partial charge in [-0.2, -0.15) is 0 Å². The molecule has 0 saturated carbocycles. The molecule has 4 nitrogen and oxygen atoms in total. The molecule has 144 valence electrons. The second-order valence-corrected chi connectivity index (χ2v) is 7.53. The number of carbonyl (C=O) groups excluding carboxylic acids is 1. The second-order valence-electron chi connectivity index (χ2n) is 6.21. The van der Waals surface area contributed by atoms with Crippen molar-refractivity contribution in [3.8, 4) is 5.75 Å². The van der Waals surface area contributed by atoms with Crippen molar-refractivity contribution >= 4 is 44.9 Å². The maximum Gasteiger partial charge on any atom is 0.257 e. The molecule has 0 saturated heterocycles. The molecule has 0 aliphatic carbocycles. The lowest BCUT2D eigenvalue weighted by Gasteiger charge is -2.11. The molecule has 6 heteroatoms. The molecule has 2 aromatic carbocycles. The molecule has 0 aliphatic rings. The molecule has 1 amide bonds. The summed E-state index contributed by atoms with van der Waals surface area (Å²) in [6, 6.07) is 14.7. The van der Waals surface area contributed by atoms with Gasteiger partial charge in [-0.1, -0.05) is 54.6 Å². The van der Waals surface area contributed by atoms with E-state index in [1.165, 1.54) is 25.7 Å². The fourth-order valence-corrected chi connectivity index (χ4v) is 2.97. The van der Waals surface area contributed by atoms with Gasteiger partial charge in [0.1, 0.15) is 5.75 Å². The molecule has 0 aliphatic heterocycles. The quantitative estimate of drug-likeness (QED) is 0.368. The van der Waals surface area contributed by atoms with E-state index in [1.54, 1.807) is 12.1 Å². The molecule has 2 aromatic rings. The number of nitrogens with one attached hydrogen (secondary N) is 2. The molecule has 0 radical (unpaired) electrons. The van der Waals surface area contributed by atoms with Gasteiger partial charge in [0.05, 0.1) is 6.61 Å². The van der Waals surface area contributed by atoms with Crippen LogP contribution in [0.4, 0.5) is 5.69 Å². The third-order valence-corrected chi connectivity index (χ3v) is 4.67. The number of hydrogen-bond acceptors (Lipinski definition) is 3. The topological polar surface area (TPSA) is 50.4 Å². The van der Waals surface area contributed by atoms with E-state index in [0.717, 1.165) is 22.3 Å². The number of halogens is 1. The van der Waals surface area contributed by atoms with E-state index >= 15 is 0 Å². The zero-order chi connectivity index (χ0) is 19.5. The minimum atomic E-state index is -0.250. The lowest BCUT2D eigenvalue weighted by Crippen LogP contribution is -2.34. The van der Waals surface area contributed by atoms with E-state index in [0.29, 0.717) is 12.2 Å². The Hall–Kier alpha value is -1.92. The van der Waals surface area contributed by atoms with Gasteiger partial charge < -0.3 is 10.1 Å². The summed E-state index contributed by atoms with van der Waals surface area (Å²) in [6.45, 7) is 2.92. The third kappa shape index (κ3) is 8.10. The number of thiocarbonyl (C=S) groups is 1. The molecule has 27 heavy (non-hydrogen) atoms. The predicted octanol–water partition coefficient (Wildman–Crippen LogP) is 5.93. The number of carbonyl (C=O) groups is 1. The zero-order valence-electron chi connectivity index (χ0n) is 15.5. The largest absolute Gasteiger partial charge is 0.494 e. The van der Waals surface area contributed by atoms with E-state index < -0.39 is 0 Å². The number of hydrogen-bond donors (Lipinski definition) is 2. The zero-order valence-corrected chi connectivity index (χ0v) is 17.9. The standard InChI is InChI=1S/C21H25BrN2O2S/c1-2-3-4-5-6-14-26-19-9-7-8-18(15-19)23-21(27)24-20(25)16-10-12-17(22)13-11-16/h7-13,15H,2-6,14H2,1H3,(H2,23,24,25,27). The van der Waals surface area contributed by atoms with Gasteiger partial charge in [0.2, 0.25) is 0 Å². The van der Waals surface area contributed by atoms with Gasteiger partial charge in [-0.05, 0) is 55.0 Å². The van der Waals surface area contributed by atoms with E-state index in [1.807, 2.05) is 36.4 Å². The number of unbranched alkanes of at least 4 members (excludes halogenated alkanes) is 4. The summed E-state index contributed by atoms with van der Waals surface area (Å²) in [5.74, 6) is 0.539. The highest BCUT2D eigenvalue weighted by atomic mass is 79.9. The minimum Gasteiger partial charge on any atom is -0.494 e. The molecule has 0 heterocycles. The number of amides is 1. The third-order valence-electron chi connectivity index (χ3n) is 3.94. The number of benzene rings is 2. The number of anilines is 1. The summed E-state index contributed by atoms with van der Waals surface area (Å²) < 4.78 is 6.71. The highest BCUT2D eigenvalue weighted by Gasteiger charge is 2.08. The Kier molecular flexibility index (Phi) is 9.28. The first kappa shape index (κ1) is 21.4. The second kappa shape index (κ2) is 11.7. The molecular weight excluding hydrogens is 424 g/mol. The lowest BCUT2D eigenvalue weighted by atomic mass is 10.2. The van der Waals surface area contributed by atoms with Crippen LogP contribution in [-0.2, 0) is 0 Å². The summed E-state index contributed by atoms with van der Waals surface area (Å²) in [4.78, 5) is 12.2. The summed E-state index contributed by atoms with van der Waals surface area (Å²) in [7, 11) is 0. The average molecular weight is 449 g/mol. The normalized spacial score (nSPS) is 10.3. The van der Waals surface area contributed by atoms with Crippen molar-refractivity contribution in [1.29, 1.82) is 0 Å². The SMILES string of the molecule is CCCCCCCOc1cccc(NC(=S)NC(=O)c2ccc(Br)cc2)c1. The molecule has 0 atom stereocenters. The van der Waals surface area contributed by atoms with E-state index in [9.17, 15) is 4.79 Å². The van der Waals surface area contributed by atoms with Crippen molar-refractivity contribution in [1.82, 2.24) is 5.32 Å². The van der Waals surface area contributed by atoms with Gasteiger partial charge in [-0.15, -0.1) is 0 Å². The summed E-state index contributed by atoms with van der Waals surface area (Å²) in [5, 5.41) is 5.95. The van der Waals surface area contributed by atoms with Crippen molar-refractivity contribution in [3.05, 3.63) is 58.6 Å². The minimum absolute atomic E-state index is 0.250. The van der Waals surface area contributed by atoms with Gasteiger partial charge in [0.15, 0.2) is 5.11 Å². The van der Waals surface area contributed by atoms with Crippen LogP contribution in [0.1, 0.15) is 49.4 Å². The van der Waals surface area contributed by atoms with Gasteiger partial charge >= 0.3 is 0 Å². The van der Waals surface area contributed by atoms with Crippen LogP contribution in [0, 0.1) is 0 Å². The van der Waals surface area contributed by atoms with Crippen LogP contribution >= 0.6 is 28.1 Å². The molecule has 0 unspecified atom stereocenters. The Bertz CT molecular complexity index is 750. The molecule has 0 fully saturated rings. The molecule has 2 N–H and O–H groups in total. The van der Waals surface area contributed by atoms with Crippen LogP contribution in [0.25, 0.3) is 0 Å². The van der Waals surface area contributed by atoms with Gasteiger partial charge in [0.25, 0.3) is 5.91 Å². The van der Waals surface area contributed by atoms with Crippen LogP contribution in [-0.4, -0.2) is 17.6 Å². The Balaban J connectivity index is 1.79. The Morgan fingerprint density at radius 2 is 1.81 bits per heavy atom. The summed E-state index contributed by atoms with van der Waals surface area (Å²) in [6.07, 6.45) is 6.03. The first-order chi connectivity index (χ1) is 13.1. The molecule has 0 bridgehead atoms. The Morgan fingerprint density at radius 3 is 2.56 bits per heavy atom. The smallest absolute Gasteiger partial charge is 0.257 e. The van der Waals surface area contributed by atoms with Crippen LogP contribution in [0.15, 0.2) is 53.0 Å². The van der Waals surface area contributed by atoms with Crippen molar-refractivity contribution in [2.75, 3.05) is 11.9 Å². The first-order valence-corrected chi connectivity index (χ1v) is 10.4. The van der Waals surface area contributed by atoms with Crippen LogP contribution in [0.2, 0.25) is 0 Å². The van der Waals surface area contributed by atoms with Crippen molar-refractivity contribution in [3.63, 3.8) is 0 Å². The average Bonchev–Trinajstić information content (AvgIpc) is 2.65. The Labute approximate surface area is 174 Å². The molecule has 0 spiro atoms. The van der Waals surface area contributed by atoms with Gasteiger partial charge in [-0.3, -0.25) is 10.1 Å². The van der Waals surface area contributed by atoms with Crippen molar-refractivity contribution in [2.45, 2.75) is 39.0 Å². The van der Waals surface area contributed by atoms with Crippen LogP contribution < -0.4 is 15.4 Å². The van der Waals surface area contributed by atoms with Crippen molar-refractivity contribution in [2.24, 2.45) is 0 Å². The van der Waals surface area contributed by atoms with Crippen LogP contribution in [0.5, 0.6) is 5.75 Å². The summed E-state index contributed by atoms with van der Waals surface area (Å²) in [5.41, 5.74) is 1.32. The fourth-order valence-electron chi connectivity index (χ4n) is 2.50. The highest BCUT2D eigenvalue weighted by Crippen LogP contribution is 2.18. The maximum atomic E-state index is 12.2. The lowest BCUT2D eigenvalue weighted by molar-refractivity contribution is 0.0977. The van der Waals surface area contributed by atoms with E-state index in [2.05, 4.69) is 33.5 Å². The van der Waals surface area contributed by atoms with Gasteiger partial charge in [0, 0.05) is 21.8 Å². The molecule has 0 aromatic heterocycles. The number of rotatable bonds is 9. The monoisotopic (exact) mass is 448 g/mol. The highest BCUT2D eigenvalue weighted by molar-refractivity contribution is 9.10. The maximum absolute atomic E-state index is 12.2. The molecule has 2 rings (SSSR count). The molecular formula is C21H25BrN2O2S. The van der Waals surface area contributed by atoms with Crippen molar-refractivity contribution < 1.29 is 9.53 Å². The fraction of sp³-hybridized carbons (Fsp3) is 0.333. The Morgan fingerprint density at radius 1 is 1.07 bits per heavy atom. The van der Waals surface area contributed by atoms with Crippen LogP contribution in [0.3, 0.4) is 0 Å². The van der Waals surface area contributed by atoms with Gasteiger partial charge in [-0.25, -0.2) is 0 Å². The predicted molar refractivity (Wildman–Crippen MR) is 119 cm³/mol. The van der Waals surface area contributed by atoms with E-state index in [4.69, 9.17) is 17.0 Å². The number of ether oxygens (including phenoxy) is 1. The first-order valence-electron chi connectivity index (χ1n) is 9.19. The van der Waals surface area contributed by atoms with E-state index in [-0.39, 0.29) is 11.0 Å². The summed E-state index contributed by atoms with van der Waals surface area (Å²) >= 11 is 8.58.